The lowest BCUT2D eigenvalue weighted by atomic mass is 10.1. The Morgan fingerprint density at radius 2 is 1.89 bits per heavy atom. The van der Waals surface area contributed by atoms with E-state index < -0.39 is 11.6 Å². The quantitative estimate of drug-likeness (QED) is 0.904. The first-order valence-electron chi connectivity index (χ1n) is 5.66. The molecule has 2 aromatic carbocycles. The maximum Gasteiger partial charge on any atom is 0.184 e. The van der Waals surface area contributed by atoms with Gasteiger partial charge in [-0.15, -0.1) is 0 Å². The molecule has 0 amide bonds. The van der Waals surface area contributed by atoms with Crippen molar-refractivity contribution in [3.05, 3.63) is 58.6 Å². The Hall–Kier alpha value is -1.65. The van der Waals surface area contributed by atoms with Crippen LogP contribution in [0.2, 0.25) is 5.02 Å². The zero-order valence-electron chi connectivity index (χ0n) is 10.2. The van der Waals surface area contributed by atoms with E-state index in [-0.39, 0.29) is 22.6 Å². The van der Waals surface area contributed by atoms with Gasteiger partial charge in [-0.25, -0.2) is 8.78 Å². The van der Waals surface area contributed by atoms with Crippen molar-refractivity contribution in [2.24, 2.45) is 5.73 Å². The summed E-state index contributed by atoms with van der Waals surface area (Å²) in [5.41, 5.74) is 6.28. The minimum Gasteiger partial charge on any atom is -0.451 e. The number of ether oxygens (including phenoxy) is 1. The van der Waals surface area contributed by atoms with Crippen molar-refractivity contribution in [3.63, 3.8) is 0 Å². The van der Waals surface area contributed by atoms with Gasteiger partial charge in [-0.2, -0.15) is 0 Å². The van der Waals surface area contributed by atoms with Crippen LogP contribution in [0.4, 0.5) is 8.78 Å². The van der Waals surface area contributed by atoms with Crippen LogP contribution in [0.3, 0.4) is 0 Å². The van der Waals surface area contributed by atoms with Crippen LogP contribution in [-0.4, -0.2) is 0 Å². The zero-order valence-corrected chi connectivity index (χ0v) is 10.9. The summed E-state index contributed by atoms with van der Waals surface area (Å²) < 4.78 is 32.6. The molecule has 0 heterocycles. The van der Waals surface area contributed by atoms with E-state index in [4.69, 9.17) is 22.1 Å². The van der Waals surface area contributed by atoms with Crippen molar-refractivity contribution < 1.29 is 13.5 Å². The van der Waals surface area contributed by atoms with Gasteiger partial charge in [-0.1, -0.05) is 23.7 Å². The number of hydrogen-bond donors (Lipinski definition) is 1. The number of nitrogens with two attached hydrogens (primary N) is 1. The van der Waals surface area contributed by atoms with E-state index in [2.05, 4.69) is 0 Å². The summed E-state index contributed by atoms with van der Waals surface area (Å²) in [7, 11) is 0. The Labute approximate surface area is 114 Å². The molecular weight excluding hydrogens is 272 g/mol. The third-order valence-electron chi connectivity index (χ3n) is 2.62. The van der Waals surface area contributed by atoms with E-state index in [0.717, 1.165) is 0 Å². The van der Waals surface area contributed by atoms with E-state index >= 15 is 0 Å². The van der Waals surface area contributed by atoms with E-state index in [1.807, 2.05) is 0 Å². The van der Waals surface area contributed by atoms with Crippen LogP contribution in [-0.2, 0) is 0 Å². The van der Waals surface area contributed by atoms with Gasteiger partial charge >= 0.3 is 0 Å². The van der Waals surface area contributed by atoms with Crippen molar-refractivity contribution >= 4 is 11.6 Å². The third-order valence-corrected chi connectivity index (χ3v) is 2.91. The maximum absolute atomic E-state index is 13.8. The summed E-state index contributed by atoms with van der Waals surface area (Å²) in [6.45, 7) is 1.74. The smallest absolute Gasteiger partial charge is 0.184 e. The average Bonchev–Trinajstić information content (AvgIpc) is 2.37. The molecule has 2 N–H and O–H groups in total. The highest BCUT2D eigenvalue weighted by Crippen LogP contribution is 2.31. The molecule has 100 valence electrons. The Morgan fingerprint density at radius 1 is 1.16 bits per heavy atom. The molecule has 0 bridgehead atoms. The SMILES string of the molecule is CC(N)c1ccc(Oc2cccc(Cl)c2F)c(F)c1. The highest BCUT2D eigenvalue weighted by atomic mass is 35.5. The number of rotatable bonds is 3. The molecule has 5 heteroatoms. The largest absolute Gasteiger partial charge is 0.451 e. The molecule has 0 aromatic heterocycles. The van der Waals surface area contributed by atoms with Crippen molar-refractivity contribution in [3.8, 4) is 11.5 Å². The summed E-state index contributed by atoms with van der Waals surface area (Å²) in [5, 5.41) is -0.0786. The fraction of sp³-hybridized carbons (Fsp3) is 0.143. The lowest BCUT2D eigenvalue weighted by Gasteiger charge is -2.11. The Balaban J connectivity index is 2.31. The predicted octanol–water partition coefficient (Wildman–Crippen LogP) is 4.43. The van der Waals surface area contributed by atoms with Crippen LogP contribution in [0.5, 0.6) is 11.5 Å². The van der Waals surface area contributed by atoms with Crippen molar-refractivity contribution in [2.45, 2.75) is 13.0 Å². The van der Waals surface area contributed by atoms with Crippen LogP contribution in [0, 0.1) is 11.6 Å². The number of hydrogen-bond acceptors (Lipinski definition) is 2. The van der Waals surface area contributed by atoms with Gasteiger partial charge in [0.1, 0.15) is 0 Å². The fourth-order valence-electron chi connectivity index (χ4n) is 1.56. The molecule has 2 nitrogen and oxygen atoms in total. The maximum atomic E-state index is 13.8. The molecule has 19 heavy (non-hydrogen) atoms. The monoisotopic (exact) mass is 283 g/mol. The summed E-state index contributed by atoms with van der Waals surface area (Å²) in [4.78, 5) is 0. The second-order valence-corrected chi connectivity index (χ2v) is 4.54. The van der Waals surface area contributed by atoms with Gasteiger partial charge in [0, 0.05) is 6.04 Å². The molecule has 0 fully saturated rings. The van der Waals surface area contributed by atoms with Crippen LogP contribution < -0.4 is 10.5 Å². The topological polar surface area (TPSA) is 35.2 Å². The van der Waals surface area contributed by atoms with Crippen LogP contribution in [0.25, 0.3) is 0 Å². The van der Waals surface area contributed by atoms with Gasteiger partial charge in [0.2, 0.25) is 0 Å². The summed E-state index contributed by atoms with van der Waals surface area (Å²) >= 11 is 5.62. The summed E-state index contributed by atoms with van der Waals surface area (Å²) in [6, 6.07) is 8.31. The average molecular weight is 284 g/mol. The standard InChI is InChI=1S/C14H12ClF2NO/c1-8(18)9-5-6-12(11(16)7-9)19-13-4-2-3-10(15)14(13)17/h2-8H,18H2,1H3. The Morgan fingerprint density at radius 3 is 2.53 bits per heavy atom. The summed E-state index contributed by atoms with van der Waals surface area (Å²) in [5.74, 6) is -1.53. The minimum atomic E-state index is -0.722. The van der Waals surface area contributed by atoms with Gasteiger partial charge in [-0.3, -0.25) is 0 Å². The summed E-state index contributed by atoms with van der Waals surface area (Å²) in [6.07, 6.45) is 0. The molecule has 2 rings (SSSR count). The lowest BCUT2D eigenvalue weighted by Crippen LogP contribution is -2.05. The molecule has 1 atom stereocenters. The van der Waals surface area contributed by atoms with Crippen molar-refractivity contribution in [1.29, 1.82) is 0 Å². The molecular formula is C14H12ClF2NO. The molecule has 2 aromatic rings. The van der Waals surface area contributed by atoms with Crippen molar-refractivity contribution in [1.82, 2.24) is 0 Å². The van der Waals surface area contributed by atoms with Gasteiger partial charge in [0.25, 0.3) is 0 Å². The number of benzene rings is 2. The highest BCUT2D eigenvalue weighted by Gasteiger charge is 2.12. The first kappa shape index (κ1) is 13.8. The number of halogens is 3. The molecule has 0 aliphatic rings. The molecule has 0 aliphatic carbocycles. The Bertz CT molecular complexity index is 602. The van der Waals surface area contributed by atoms with Crippen LogP contribution >= 0.6 is 11.6 Å². The van der Waals surface area contributed by atoms with E-state index in [9.17, 15) is 8.78 Å². The zero-order chi connectivity index (χ0) is 14.0. The Kier molecular flexibility index (Phi) is 4.02. The highest BCUT2D eigenvalue weighted by molar-refractivity contribution is 6.30. The first-order valence-corrected chi connectivity index (χ1v) is 6.03. The van der Waals surface area contributed by atoms with E-state index in [1.54, 1.807) is 13.0 Å². The van der Waals surface area contributed by atoms with Gasteiger partial charge in [0.05, 0.1) is 5.02 Å². The van der Waals surface area contributed by atoms with Crippen LogP contribution in [0.1, 0.15) is 18.5 Å². The van der Waals surface area contributed by atoms with E-state index in [1.165, 1.54) is 30.3 Å². The van der Waals surface area contributed by atoms with Gasteiger partial charge in [-0.05, 0) is 36.8 Å². The first-order chi connectivity index (χ1) is 8.99. The fourth-order valence-corrected chi connectivity index (χ4v) is 1.73. The van der Waals surface area contributed by atoms with Gasteiger partial charge in [0.15, 0.2) is 23.1 Å². The molecule has 0 radical (unpaired) electrons. The lowest BCUT2D eigenvalue weighted by molar-refractivity contribution is 0.414. The minimum absolute atomic E-state index is 0.0782. The second kappa shape index (κ2) is 5.55. The molecule has 0 spiro atoms. The van der Waals surface area contributed by atoms with Gasteiger partial charge < -0.3 is 10.5 Å². The predicted molar refractivity (Wildman–Crippen MR) is 70.5 cm³/mol. The molecule has 0 saturated heterocycles. The second-order valence-electron chi connectivity index (χ2n) is 4.13. The molecule has 0 saturated carbocycles. The molecule has 1 unspecified atom stereocenters. The van der Waals surface area contributed by atoms with Crippen LogP contribution in [0.15, 0.2) is 36.4 Å². The van der Waals surface area contributed by atoms with E-state index in [0.29, 0.717) is 5.56 Å². The molecule has 0 aliphatic heterocycles. The third kappa shape index (κ3) is 3.03. The normalized spacial score (nSPS) is 12.3. The van der Waals surface area contributed by atoms with Crippen molar-refractivity contribution in [2.75, 3.05) is 0 Å².